The van der Waals surface area contributed by atoms with Gasteiger partial charge in [-0.3, -0.25) is 14.9 Å². The van der Waals surface area contributed by atoms with Crippen molar-refractivity contribution in [2.24, 2.45) is 0 Å². The average Bonchev–Trinajstić information content (AvgIpc) is 2.93. The van der Waals surface area contributed by atoms with Gasteiger partial charge in [-0.1, -0.05) is 17.7 Å². The summed E-state index contributed by atoms with van der Waals surface area (Å²) in [6.07, 6.45) is 1.55. The molecular formula is C19H20ClN3O5S. The van der Waals surface area contributed by atoms with Crippen LogP contribution < -0.4 is 4.90 Å². The van der Waals surface area contributed by atoms with Crippen molar-refractivity contribution < 1.29 is 18.1 Å². The van der Waals surface area contributed by atoms with Crippen molar-refractivity contribution in [3.63, 3.8) is 0 Å². The number of benzene rings is 2. The molecule has 8 nitrogen and oxygen atoms in total. The first-order valence-electron chi connectivity index (χ1n) is 8.96. The van der Waals surface area contributed by atoms with Crippen molar-refractivity contribution >= 4 is 38.7 Å². The average molecular weight is 438 g/mol. The van der Waals surface area contributed by atoms with Gasteiger partial charge in [0.25, 0.3) is 5.91 Å². The van der Waals surface area contributed by atoms with E-state index in [0.29, 0.717) is 43.2 Å². The van der Waals surface area contributed by atoms with E-state index in [9.17, 15) is 23.3 Å². The van der Waals surface area contributed by atoms with Gasteiger partial charge in [-0.05, 0) is 42.8 Å². The van der Waals surface area contributed by atoms with Crippen molar-refractivity contribution in [3.8, 4) is 0 Å². The number of nitrogens with zero attached hydrogens (tertiary/aromatic N) is 3. The summed E-state index contributed by atoms with van der Waals surface area (Å²) in [5, 5.41) is 12.2. The van der Waals surface area contributed by atoms with E-state index < -0.39 is 20.4 Å². The Balaban J connectivity index is 1.85. The Bertz CT molecular complexity index is 1040. The van der Waals surface area contributed by atoms with Crippen LogP contribution in [-0.4, -0.2) is 56.6 Å². The highest BCUT2D eigenvalue weighted by Crippen LogP contribution is 2.35. The lowest BCUT2D eigenvalue weighted by atomic mass is 10.2. The van der Waals surface area contributed by atoms with Crippen LogP contribution in [0.15, 0.2) is 47.4 Å². The van der Waals surface area contributed by atoms with Crippen LogP contribution >= 0.6 is 11.6 Å². The first-order valence-corrected chi connectivity index (χ1v) is 11.2. The maximum absolute atomic E-state index is 12.7. The SMILES string of the molecule is CS(=O)(=O)c1cccc(N2CCCN(C(=O)c3ccc(Cl)cc3)CC2)c1[N+](=O)[O-]. The number of amides is 1. The molecule has 0 spiro atoms. The van der Waals surface area contributed by atoms with Gasteiger partial charge in [0.05, 0.1) is 4.92 Å². The van der Waals surface area contributed by atoms with E-state index in [0.717, 1.165) is 6.26 Å². The summed E-state index contributed by atoms with van der Waals surface area (Å²) in [5.41, 5.74) is 0.346. The van der Waals surface area contributed by atoms with E-state index in [2.05, 4.69) is 0 Å². The van der Waals surface area contributed by atoms with E-state index in [1.807, 2.05) is 0 Å². The topological polar surface area (TPSA) is 101 Å². The van der Waals surface area contributed by atoms with Gasteiger partial charge >= 0.3 is 5.69 Å². The molecule has 0 atom stereocenters. The summed E-state index contributed by atoms with van der Waals surface area (Å²) in [7, 11) is -3.76. The number of nitro groups is 1. The number of hydrogen-bond donors (Lipinski definition) is 0. The summed E-state index contributed by atoms with van der Waals surface area (Å²) in [5.74, 6) is -0.136. The largest absolute Gasteiger partial charge is 0.364 e. The molecule has 1 aliphatic heterocycles. The maximum atomic E-state index is 12.7. The van der Waals surface area contributed by atoms with Crippen LogP contribution in [0.1, 0.15) is 16.8 Å². The van der Waals surface area contributed by atoms with E-state index in [4.69, 9.17) is 11.6 Å². The molecule has 2 aromatic rings. The molecule has 1 aliphatic rings. The lowest BCUT2D eigenvalue weighted by Gasteiger charge is -2.24. The molecule has 10 heteroatoms. The lowest BCUT2D eigenvalue weighted by molar-refractivity contribution is -0.387. The molecule has 1 saturated heterocycles. The van der Waals surface area contributed by atoms with Gasteiger partial charge in [0.15, 0.2) is 9.84 Å². The minimum absolute atomic E-state index is 0.136. The molecule has 1 heterocycles. The van der Waals surface area contributed by atoms with E-state index in [-0.39, 0.29) is 16.5 Å². The van der Waals surface area contributed by atoms with Gasteiger partial charge in [-0.25, -0.2) is 8.42 Å². The second kappa shape index (κ2) is 8.38. The fraction of sp³-hybridized carbons (Fsp3) is 0.316. The number of para-hydroxylation sites is 1. The van der Waals surface area contributed by atoms with Crippen LogP contribution in [0.2, 0.25) is 5.02 Å². The van der Waals surface area contributed by atoms with Gasteiger partial charge < -0.3 is 9.80 Å². The van der Waals surface area contributed by atoms with Crippen LogP contribution in [0.25, 0.3) is 0 Å². The number of rotatable bonds is 4. The summed E-state index contributed by atoms with van der Waals surface area (Å²) in [4.78, 5) is 26.9. The fourth-order valence-electron chi connectivity index (χ4n) is 3.39. The normalized spacial score (nSPS) is 15.1. The van der Waals surface area contributed by atoms with Gasteiger partial charge in [0, 0.05) is 43.0 Å². The first kappa shape index (κ1) is 21.1. The predicted octanol–water partition coefficient (Wildman–Crippen LogP) is 3.00. The Morgan fingerprint density at radius 2 is 1.76 bits per heavy atom. The summed E-state index contributed by atoms with van der Waals surface area (Å²) >= 11 is 5.87. The Morgan fingerprint density at radius 3 is 2.38 bits per heavy atom. The van der Waals surface area contributed by atoms with E-state index >= 15 is 0 Å². The van der Waals surface area contributed by atoms with Gasteiger partial charge in [-0.15, -0.1) is 0 Å². The number of carbonyl (C=O) groups excluding carboxylic acids is 1. The maximum Gasteiger partial charge on any atom is 0.311 e. The van der Waals surface area contributed by atoms with Gasteiger partial charge in [0.1, 0.15) is 10.6 Å². The molecule has 29 heavy (non-hydrogen) atoms. The highest BCUT2D eigenvalue weighted by Gasteiger charge is 2.30. The molecule has 0 saturated carbocycles. The fourth-order valence-corrected chi connectivity index (χ4v) is 4.37. The monoisotopic (exact) mass is 437 g/mol. The zero-order valence-electron chi connectivity index (χ0n) is 15.7. The number of carbonyl (C=O) groups is 1. The quantitative estimate of drug-likeness (QED) is 0.538. The molecule has 0 unspecified atom stereocenters. The molecule has 1 fully saturated rings. The molecule has 0 N–H and O–H groups in total. The first-order chi connectivity index (χ1) is 13.7. The highest BCUT2D eigenvalue weighted by molar-refractivity contribution is 7.90. The van der Waals surface area contributed by atoms with E-state index in [1.54, 1.807) is 40.1 Å². The predicted molar refractivity (Wildman–Crippen MR) is 110 cm³/mol. The molecular weight excluding hydrogens is 418 g/mol. The van der Waals surface area contributed by atoms with Crippen molar-refractivity contribution in [3.05, 3.63) is 63.2 Å². The number of hydrogen-bond acceptors (Lipinski definition) is 6. The number of nitro benzene ring substituents is 1. The van der Waals surface area contributed by atoms with Crippen molar-refractivity contribution in [2.45, 2.75) is 11.3 Å². The van der Waals surface area contributed by atoms with Crippen molar-refractivity contribution in [2.75, 3.05) is 37.3 Å². The number of sulfone groups is 1. The minimum Gasteiger partial charge on any atom is -0.364 e. The smallest absolute Gasteiger partial charge is 0.311 e. The molecule has 154 valence electrons. The van der Waals surface area contributed by atoms with Crippen molar-refractivity contribution in [1.82, 2.24) is 4.90 Å². The molecule has 2 aromatic carbocycles. The Kier molecular flexibility index (Phi) is 6.09. The van der Waals surface area contributed by atoms with Gasteiger partial charge in [-0.2, -0.15) is 0 Å². The summed E-state index contributed by atoms with van der Waals surface area (Å²) in [6, 6.07) is 10.9. The third-order valence-electron chi connectivity index (χ3n) is 4.77. The van der Waals surface area contributed by atoms with Gasteiger partial charge in [0.2, 0.25) is 0 Å². The van der Waals surface area contributed by atoms with Crippen LogP contribution in [0.4, 0.5) is 11.4 Å². The third kappa shape index (κ3) is 4.68. The Labute approximate surface area is 173 Å². The molecule has 1 amide bonds. The van der Waals surface area contributed by atoms with Crippen LogP contribution in [0.3, 0.4) is 0 Å². The van der Waals surface area contributed by atoms with Crippen LogP contribution in [0.5, 0.6) is 0 Å². The summed E-state index contributed by atoms with van der Waals surface area (Å²) < 4.78 is 24.0. The molecule has 0 aliphatic carbocycles. The van der Waals surface area contributed by atoms with Crippen LogP contribution in [-0.2, 0) is 9.84 Å². The molecule has 0 bridgehead atoms. The third-order valence-corrected chi connectivity index (χ3v) is 6.16. The minimum atomic E-state index is -3.76. The zero-order chi connectivity index (χ0) is 21.2. The van der Waals surface area contributed by atoms with Crippen molar-refractivity contribution in [1.29, 1.82) is 0 Å². The Morgan fingerprint density at radius 1 is 1.07 bits per heavy atom. The van der Waals surface area contributed by atoms with E-state index in [1.165, 1.54) is 12.1 Å². The molecule has 3 rings (SSSR count). The lowest BCUT2D eigenvalue weighted by Crippen LogP contribution is -2.35. The van der Waals surface area contributed by atoms with Crippen LogP contribution in [0, 0.1) is 10.1 Å². The number of halogens is 1. The summed E-state index contributed by atoms with van der Waals surface area (Å²) in [6.45, 7) is 1.69. The zero-order valence-corrected chi connectivity index (χ0v) is 17.3. The number of anilines is 1. The standard InChI is InChI=1S/C19H20ClN3O5S/c1-29(27,28)17-5-2-4-16(18(17)23(25)26)21-10-3-11-22(13-12-21)19(24)14-6-8-15(20)9-7-14/h2,4-9H,3,10-13H2,1H3. The second-order valence-corrected chi connectivity index (χ2v) is 9.21. The molecule has 0 radical (unpaired) electrons. The Hall–Kier alpha value is -2.65. The highest BCUT2D eigenvalue weighted by atomic mass is 35.5. The second-order valence-electron chi connectivity index (χ2n) is 6.79. The molecule has 0 aromatic heterocycles.